The lowest BCUT2D eigenvalue weighted by atomic mass is 10.1. The van der Waals surface area contributed by atoms with Crippen LogP contribution in [-0.4, -0.2) is 43.4 Å². The van der Waals surface area contributed by atoms with Gasteiger partial charge in [-0.2, -0.15) is 5.10 Å². The minimum absolute atomic E-state index is 0. The lowest BCUT2D eigenvalue weighted by Gasteiger charge is -2.14. The van der Waals surface area contributed by atoms with Gasteiger partial charge in [0.25, 0.3) is 0 Å². The molecule has 154 valence electrons. The van der Waals surface area contributed by atoms with Gasteiger partial charge in [0.1, 0.15) is 0 Å². The van der Waals surface area contributed by atoms with E-state index < -0.39 is 0 Å². The van der Waals surface area contributed by atoms with Crippen molar-refractivity contribution in [3.05, 3.63) is 78.1 Å². The quantitative estimate of drug-likeness (QED) is 0.294. The number of benzene rings is 2. The van der Waals surface area contributed by atoms with E-state index in [-0.39, 0.29) is 24.0 Å². The molecule has 1 aromatic heterocycles. The van der Waals surface area contributed by atoms with Crippen LogP contribution in [0.2, 0.25) is 0 Å². The lowest BCUT2D eigenvalue weighted by molar-refractivity contribution is 0.794. The summed E-state index contributed by atoms with van der Waals surface area (Å²) in [6.07, 6.45) is 4.66. The van der Waals surface area contributed by atoms with Gasteiger partial charge >= 0.3 is 0 Å². The number of aromatic nitrogens is 2. The van der Waals surface area contributed by atoms with Crippen molar-refractivity contribution in [2.75, 3.05) is 32.6 Å². The van der Waals surface area contributed by atoms with E-state index in [0.29, 0.717) is 0 Å². The van der Waals surface area contributed by atoms with E-state index in [4.69, 9.17) is 0 Å². The van der Waals surface area contributed by atoms with Crippen molar-refractivity contribution in [2.24, 2.45) is 4.99 Å². The Morgan fingerprint density at radius 2 is 1.69 bits per heavy atom. The molecule has 2 N–H and O–H groups in total. The summed E-state index contributed by atoms with van der Waals surface area (Å²) in [6, 6.07) is 18.9. The highest BCUT2D eigenvalue weighted by molar-refractivity contribution is 14.0. The molecule has 2 aromatic carbocycles. The van der Waals surface area contributed by atoms with E-state index in [9.17, 15) is 0 Å². The number of hydrogen-bond acceptors (Lipinski definition) is 3. The fraction of sp³-hybridized carbons (Fsp3) is 0.273. The molecule has 3 rings (SSSR count). The third-order valence-corrected chi connectivity index (χ3v) is 4.55. The van der Waals surface area contributed by atoms with Crippen LogP contribution in [0.15, 0.2) is 72.0 Å². The van der Waals surface area contributed by atoms with Crippen LogP contribution in [-0.2, 0) is 13.0 Å². The average molecular weight is 504 g/mol. The van der Waals surface area contributed by atoms with Crippen LogP contribution in [0.5, 0.6) is 0 Å². The predicted molar refractivity (Wildman–Crippen MR) is 132 cm³/mol. The number of rotatable bonds is 7. The predicted octanol–water partition coefficient (Wildman–Crippen LogP) is 3.46. The molecule has 0 saturated heterocycles. The van der Waals surface area contributed by atoms with Gasteiger partial charge in [-0.25, -0.2) is 4.68 Å². The van der Waals surface area contributed by atoms with Crippen LogP contribution < -0.4 is 15.5 Å². The molecule has 0 fully saturated rings. The summed E-state index contributed by atoms with van der Waals surface area (Å²) in [6.45, 7) is 1.56. The molecule has 1 heterocycles. The average Bonchev–Trinajstić information content (AvgIpc) is 3.26. The maximum absolute atomic E-state index is 4.30. The molecule has 0 unspecified atom stereocenters. The highest BCUT2D eigenvalue weighted by Crippen LogP contribution is 2.12. The molecule has 3 aromatic rings. The van der Waals surface area contributed by atoms with Gasteiger partial charge in [-0.05, 0) is 47.9 Å². The van der Waals surface area contributed by atoms with Gasteiger partial charge in [-0.1, -0.05) is 24.3 Å². The van der Waals surface area contributed by atoms with E-state index in [1.54, 1.807) is 13.2 Å². The first kappa shape index (κ1) is 22.7. The summed E-state index contributed by atoms with van der Waals surface area (Å²) in [5, 5.41) is 11.0. The molecule has 0 bridgehead atoms. The standard InChI is InChI=1S/C22H28N6.HI/c1-23-22(25-17-19-7-9-20(10-8-19)27(2)3)24-15-13-18-5-11-21(12-6-18)28-16-4-14-26-28;/h4-12,14,16H,13,15,17H2,1-3H3,(H2,23,24,25);1H. The van der Waals surface area contributed by atoms with E-state index >= 15 is 0 Å². The molecule has 29 heavy (non-hydrogen) atoms. The van der Waals surface area contributed by atoms with E-state index in [1.807, 2.05) is 31.0 Å². The van der Waals surface area contributed by atoms with Crippen molar-refractivity contribution in [2.45, 2.75) is 13.0 Å². The molecular formula is C22H29IN6. The first-order valence-corrected chi connectivity index (χ1v) is 9.45. The molecule has 0 amide bonds. The molecule has 0 saturated carbocycles. The van der Waals surface area contributed by atoms with Crippen LogP contribution in [0, 0.1) is 0 Å². The number of aliphatic imine (C=N–C) groups is 1. The van der Waals surface area contributed by atoms with Gasteiger partial charge in [-0.3, -0.25) is 4.99 Å². The van der Waals surface area contributed by atoms with Gasteiger partial charge in [0.15, 0.2) is 5.96 Å². The molecule has 0 spiro atoms. The molecule has 0 radical (unpaired) electrons. The van der Waals surface area contributed by atoms with E-state index in [2.05, 4.69) is 74.2 Å². The molecular weight excluding hydrogens is 475 g/mol. The monoisotopic (exact) mass is 504 g/mol. The summed E-state index contributed by atoms with van der Waals surface area (Å²) < 4.78 is 1.86. The highest BCUT2D eigenvalue weighted by Gasteiger charge is 2.01. The Morgan fingerprint density at radius 1 is 1.00 bits per heavy atom. The SMILES string of the molecule is CN=C(NCCc1ccc(-n2cccn2)cc1)NCc1ccc(N(C)C)cc1.I. The van der Waals surface area contributed by atoms with Crippen LogP contribution in [0.25, 0.3) is 5.69 Å². The largest absolute Gasteiger partial charge is 0.378 e. The Hall–Kier alpha value is -2.55. The fourth-order valence-corrected chi connectivity index (χ4v) is 2.88. The Bertz CT molecular complexity index is 871. The Morgan fingerprint density at radius 3 is 2.28 bits per heavy atom. The Labute approximate surface area is 190 Å². The smallest absolute Gasteiger partial charge is 0.191 e. The van der Waals surface area contributed by atoms with Crippen molar-refractivity contribution >= 4 is 35.6 Å². The second-order valence-corrected chi connectivity index (χ2v) is 6.78. The third kappa shape index (κ3) is 6.77. The number of nitrogens with zero attached hydrogens (tertiary/aromatic N) is 4. The van der Waals surface area contributed by atoms with E-state index in [0.717, 1.165) is 31.2 Å². The molecule has 6 nitrogen and oxygen atoms in total. The molecule has 0 aliphatic rings. The third-order valence-electron chi connectivity index (χ3n) is 4.55. The van der Waals surface area contributed by atoms with Crippen molar-refractivity contribution in [3.63, 3.8) is 0 Å². The zero-order valence-corrected chi connectivity index (χ0v) is 19.5. The normalized spacial score (nSPS) is 10.9. The van der Waals surface area contributed by atoms with Crippen LogP contribution in [0.3, 0.4) is 0 Å². The highest BCUT2D eigenvalue weighted by atomic mass is 127. The number of hydrogen-bond donors (Lipinski definition) is 2. The minimum Gasteiger partial charge on any atom is -0.378 e. The maximum Gasteiger partial charge on any atom is 0.191 e. The van der Waals surface area contributed by atoms with Gasteiger partial charge < -0.3 is 15.5 Å². The zero-order chi connectivity index (χ0) is 19.8. The van der Waals surface area contributed by atoms with Crippen molar-refractivity contribution < 1.29 is 0 Å². The summed E-state index contributed by atoms with van der Waals surface area (Å²) in [7, 11) is 5.89. The summed E-state index contributed by atoms with van der Waals surface area (Å²) >= 11 is 0. The number of anilines is 1. The molecule has 0 aliphatic heterocycles. The number of nitrogens with one attached hydrogen (secondary N) is 2. The summed E-state index contributed by atoms with van der Waals surface area (Å²) in [4.78, 5) is 6.40. The number of guanidine groups is 1. The molecule has 7 heteroatoms. The fourth-order valence-electron chi connectivity index (χ4n) is 2.88. The second-order valence-electron chi connectivity index (χ2n) is 6.78. The van der Waals surface area contributed by atoms with Crippen LogP contribution >= 0.6 is 24.0 Å². The first-order valence-electron chi connectivity index (χ1n) is 9.45. The number of halogens is 1. The van der Waals surface area contributed by atoms with Crippen molar-refractivity contribution in [3.8, 4) is 5.69 Å². The second kappa shape index (κ2) is 11.5. The van der Waals surface area contributed by atoms with Crippen molar-refractivity contribution in [1.29, 1.82) is 0 Å². The molecule has 0 aliphatic carbocycles. The minimum atomic E-state index is 0. The van der Waals surface area contributed by atoms with Crippen LogP contribution in [0.1, 0.15) is 11.1 Å². The first-order chi connectivity index (χ1) is 13.7. The molecule has 0 atom stereocenters. The topological polar surface area (TPSA) is 57.5 Å². The van der Waals surface area contributed by atoms with Gasteiger partial charge in [0, 0.05) is 52.3 Å². The van der Waals surface area contributed by atoms with Crippen LogP contribution in [0.4, 0.5) is 5.69 Å². The summed E-state index contributed by atoms with van der Waals surface area (Å²) in [5.74, 6) is 0.810. The maximum atomic E-state index is 4.30. The Balaban J connectivity index is 0.00000300. The van der Waals surface area contributed by atoms with Crippen molar-refractivity contribution in [1.82, 2.24) is 20.4 Å². The zero-order valence-electron chi connectivity index (χ0n) is 17.2. The lowest BCUT2D eigenvalue weighted by Crippen LogP contribution is -2.37. The summed E-state index contributed by atoms with van der Waals surface area (Å²) in [5.41, 5.74) is 4.77. The van der Waals surface area contributed by atoms with Gasteiger partial charge in [-0.15, -0.1) is 24.0 Å². The van der Waals surface area contributed by atoms with Gasteiger partial charge in [0.2, 0.25) is 0 Å². The Kier molecular flexibility index (Phi) is 8.98. The van der Waals surface area contributed by atoms with Gasteiger partial charge in [0.05, 0.1) is 5.69 Å². The van der Waals surface area contributed by atoms with E-state index in [1.165, 1.54) is 16.8 Å².